The molecule has 4 N–H and O–H groups in total. The van der Waals surface area contributed by atoms with Gasteiger partial charge in [0.05, 0.1) is 12.0 Å². The van der Waals surface area contributed by atoms with Gasteiger partial charge in [-0.25, -0.2) is 0 Å². The third-order valence-electron chi connectivity index (χ3n) is 4.20. The molecule has 0 saturated carbocycles. The monoisotopic (exact) mass is 298 g/mol. The molecule has 3 unspecified atom stereocenters. The second-order valence-electron chi connectivity index (χ2n) is 5.91. The zero-order valence-electron chi connectivity index (χ0n) is 13.5. The fourth-order valence-corrected chi connectivity index (χ4v) is 2.54. The Hall–Kier alpha value is -1.14. The van der Waals surface area contributed by atoms with Crippen LogP contribution in [0.2, 0.25) is 0 Å². The van der Waals surface area contributed by atoms with Crippen molar-refractivity contribution in [2.45, 2.75) is 52.1 Å². The molecule has 1 rings (SSSR count). The molecule has 2 amide bonds. The highest BCUT2D eigenvalue weighted by molar-refractivity contribution is 5.82. The number of piperidine rings is 1. The topological polar surface area (TPSA) is 87.5 Å². The lowest BCUT2D eigenvalue weighted by Crippen LogP contribution is -2.52. The first-order chi connectivity index (χ1) is 9.99. The Balaban J connectivity index is 2.51. The molecule has 0 aliphatic carbocycles. The van der Waals surface area contributed by atoms with E-state index in [0.29, 0.717) is 19.6 Å². The number of carbonyl (C=O) groups excluding carboxylic acids is 2. The molecule has 0 radical (unpaired) electrons. The van der Waals surface area contributed by atoms with E-state index in [1.807, 2.05) is 20.8 Å². The third kappa shape index (κ3) is 5.63. The van der Waals surface area contributed by atoms with E-state index >= 15 is 0 Å². The van der Waals surface area contributed by atoms with Gasteiger partial charge in [-0.2, -0.15) is 0 Å². The Morgan fingerprint density at radius 3 is 2.71 bits per heavy atom. The Kier molecular flexibility index (Phi) is 7.67. The lowest BCUT2D eigenvalue weighted by atomic mass is 9.96. The number of hydrogen-bond acceptors (Lipinski definition) is 4. The minimum absolute atomic E-state index is 0.0378. The lowest BCUT2D eigenvalue weighted by molar-refractivity contribution is -0.131. The second kappa shape index (κ2) is 9.00. The summed E-state index contributed by atoms with van der Waals surface area (Å²) in [5.41, 5.74) is 5.40. The average Bonchev–Trinajstić information content (AvgIpc) is 2.51. The summed E-state index contributed by atoms with van der Waals surface area (Å²) in [4.78, 5) is 26.3. The summed E-state index contributed by atoms with van der Waals surface area (Å²) >= 11 is 0. The summed E-state index contributed by atoms with van der Waals surface area (Å²) in [6.07, 6.45) is 2.75. The van der Waals surface area contributed by atoms with Crippen LogP contribution in [0.3, 0.4) is 0 Å². The summed E-state index contributed by atoms with van der Waals surface area (Å²) in [5.74, 6) is 0.0659. The molecular formula is C15H30N4O2. The minimum atomic E-state index is -0.191. The van der Waals surface area contributed by atoms with Crippen LogP contribution in [0.1, 0.15) is 40.0 Å². The van der Waals surface area contributed by atoms with Crippen LogP contribution in [-0.4, -0.2) is 55.0 Å². The number of hydrogen-bond donors (Lipinski definition) is 3. The number of amides is 2. The van der Waals surface area contributed by atoms with Crippen molar-refractivity contribution in [3.63, 3.8) is 0 Å². The SMILES string of the molecule is CCC(C)NC(=O)C(C)N1CCCC(C(=O)NCCN)C1. The average molecular weight is 298 g/mol. The Labute approximate surface area is 127 Å². The number of rotatable bonds is 7. The van der Waals surface area contributed by atoms with E-state index in [0.717, 1.165) is 25.8 Å². The zero-order valence-corrected chi connectivity index (χ0v) is 13.5. The molecular weight excluding hydrogens is 268 g/mol. The molecule has 1 heterocycles. The maximum atomic E-state index is 12.2. The Morgan fingerprint density at radius 2 is 2.10 bits per heavy atom. The molecule has 3 atom stereocenters. The maximum Gasteiger partial charge on any atom is 0.237 e. The van der Waals surface area contributed by atoms with Gasteiger partial charge < -0.3 is 16.4 Å². The first-order valence-corrected chi connectivity index (χ1v) is 8.01. The van der Waals surface area contributed by atoms with Crippen LogP contribution in [0.5, 0.6) is 0 Å². The molecule has 0 aromatic carbocycles. The van der Waals surface area contributed by atoms with Crippen LogP contribution in [0.15, 0.2) is 0 Å². The zero-order chi connectivity index (χ0) is 15.8. The molecule has 21 heavy (non-hydrogen) atoms. The van der Waals surface area contributed by atoms with Crippen molar-refractivity contribution in [1.82, 2.24) is 15.5 Å². The van der Waals surface area contributed by atoms with Crippen molar-refractivity contribution >= 4 is 11.8 Å². The molecule has 0 aromatic rings. The Morgan fingerprint density at radius 1 is 1.38 bits per heavy atom. The van der Waals surface area contributed by atoms with Crippen LogP contribution in [0.25, 0.3) is 0 Å². The van der Waals surface area contributed by atoms with Gasteiger partial charge in [-0.15, -0.1) is 0 Å². The Bertz CT molecular complexity index is 349. The number of nitrogens with zero attached hydrogens (tertiary/aromatic N) is 1. The maximum absolute atomic E-state index is 12.2. The van der Waals surface area contributed by atoms with Gasteiger partial charge in [0, 0.05) is 25.7 Å². The van der Waals surface area contributed by atoms with Crippen molar-refractivity contribution in [3.05, 3.63) is 0 Å². The molecule has 1 fully saturated rings. The van der Waals surface area contributed by atoms with Crippen molar-refractivity contribution in [3.8, 4) is 0 Å². The molecule has 1 aliphatic rings. The number of carbonyl (C=O) groups is 2. The van der Waals surface area contributed by atoms with Crippen LogP contribution in [0.4, 0.5) is 0 Å². The summed E-state index contributed by atoms with van der Waals surface area (Å²) in [6, 6.07) is -0.00232. The summed E-state index contributed by atoms with van der Waals surface area (Å²) in [6.45, 7) is 8.45. The van der Waals surface area contributed by atoms with Gasteiger partial charge in [0.1, 0.15) is 0 Å². The number of likely N-dealkylation sites (tertiary alicyclic amines) is 1. The summed E-state index contributed by atoms with van der Waals surface area (Å²) < 4.78 is 0. The smallest absolute Gasteiger partial charge is 0.237 e. The first-order valence-electron chi connectivity index (χ1n) is 8.01. The molecule has 1 saturated heterocycles. The summed E-state index contributed by atoms with van der Waals surface area (Å²) in [7, 11) is 0. The molecule has 0 aromatic heterocycles. The van der Waals surface area contributed by atoms with Crippen molar-refractivity contribution < 1.29 is 9.59 Å². The van der Waals surface area contributed by atoms with E-state index < -0.39 is 0 Å². The van der Waals surface area contributed by atoms with Gasteiger partial charge in [-0.05, 0) is 39.7 Å². The first kappa shape index (κ1) is 17.9. The molecule has 0 bridgehead atoms. The van der Waals surface area contributed by atoms with Crippen LogP contribution in [-0.2, 0) is 9.59 Å². The van der Waals surface area contributed by atoms with E-state index in [9.17, 15) is 9.59 Å². The van der Waals surface area contributed by atoms with Crippen LogP contribution >= 0.6 is 0 Å². The molecule has 6 heteroatoms. The van der Waals surface area contributed by atoms with Crippen molar-refractivity contribution in [2.24, 2.45) is 11.7 Å². The van der Waals surface area contributed by atoms with Crippen LogP contribution < -0.4 is 16.4 Å². The van der Waals surface area contributed by atoms with E-state index in [1.165, 1.54) is 0 Å². The standard InChI is InChI=1S/C15H30N4O2/c1-4-11(2)18-14(20)12(3)19-9-5-6-13(10-19)15(21)17-8-7-16/h11-13H,4-10,16H2,1-3H3,(H,17,21)(H,18,20). The molecule has 122 valence electrons. The van der Waals surface area contributed by atoms with Gasteiger partial charge in [0.2, 0.25) is 11.8 Å². The third-order valence-corrected chi connectivity index (χ3v) is 4.20. The van der Waals surface area contributed by atoms with E-state index in [4.69, 9.17) is 5.73 Å². The predicted molar refractivity (Wildman–Crippen MR) is 83.7 cm³/mol. The van der Waals surface area contributed by atoms with E-state index in [-0.39, 0.29) is 29.8 Å². The molecule has 6 nitrogen and oxygen atoms in total. The van der Waals surface area contributed by atoms with Crippen LogP contribution in [0, 0.1) is 5.92 Å². The highest BCUT2D eigenvalue weighted by Gasteiger charge is 2.30. The van der Waals surface area contributed by atoms with Gasteiger partial charge in [0.15, 0.2) is 0 Å². The van der Waals surface area contributed by atoms with Gasteiger partial charge in [-0.3, -0.25) is 14.5 Å². The highest BCUT2D eigenvalue weighted by atomic mass is 16.2. The highest BCUT2D eigenvalue weighted by Crippen LogP contribution is 2.18. The molecule has 1 aliphatic heterocycles. The van der Waals surface area contributed by atoms with Gasteiger partial charge in [0.25, 0.3) is 0 Å². The van der Waals surface area contributed by atoms with E-state index in [1.54, 1.807) is 0 Å². The predicted octanol–water partition coefficient (Wildman–Crippen LogP) is 0.0765. The number of nitrogens with two attached hydrogens (primary N) is 1. The van der Waals surface area contributed by atoms with Gasteiger partial charge >= 0.3 is 0 Å². The second-order valence-corrected chi connectivity index (χ2v) is 5.91. The lowest BCUT2D eigenvalue weighted by Gasteiger charge is -2.35. The van der Waals surface area contributed by atoms with Crippen molar-refractivity contribution in [1.29, 1.82) is 0 Å². The minimum Gasteiger partial charge on any atom is -0.355 e. The van der Waals surface area contributed by atoms with E-state index in [2.05, 4.69) is 15.5 Å². The molecule has 0 spiro atoms. The fourth-order valence-electron chi connectivity index (χ4n) is 2.54. The number of nitrogens with one attached hydrogen (secondary N) is 2. The normalized spacial score (nSPS) is 22.4. The summed E-state index contributed by atoms with van der Waals surface area (Å²) in [5, 5.41) is 5.85. The quantitative estimate of drug-likeness (QED) is 0.621. The largest absolute Gasteiger partial charge is 0.355 e. The fraction of sp³-hybridized carbons (Fsp3) is 0.867. The van der Waals surface area contributed by atoms with Gasteiger partial charge in [-0.1, -0.05) is 6.92 Å². The van der Waals surface area contributed by atoms with Crippen molar-refractivity contribution in [2.75, 3.05) is 26.2 Å².